The number of amides is 1. The second-order valence-electron chi connectivity index (χ2n) is 5.00. The van der Waals surface area contributed by atoms with E-state index < -0.39 is 41.2 Å². The lowest BCUT2D eigenvalue weighted by atomic mass is 10.0. The molecule has 0 radical (unpaired) electrons. The molecule has 1 amide bonds. The van der Waals surface area contributed by atoms with Crippen molar-refractivity contribution >= 4 is 5.91 Å². The summed E-state index contributed by atoms with van der Waals surface area (Å²) in [5.41, 5.74) is -0.459. The van der Waals surface area contributed by atoms with E-state index >= 15 is 0 Å². The molecule has 1 saturated carbocycles. The number of nitrogens with one attached hydrogen (secondary N) is 1. The molecule has 0 spiro atoms. The molecular weight excluding hydrogens is 268 g/mol. The molecule has 3 N–H and O–H groups in total. The maximum absolute atomic E-state index is 13.4. The molecule has 20 heavy (non-hydrogen) atoms. The molecule has 6 heteroatoms. The molecule has 2 rings (SSSR count). The van der Waals surface area contributed by atoms with Crippen LogP contribution in [0.1, 0.15) is 30.9 Å². The van der Waals surface area contributed by atoms with Crippen LogP contribution in [0.3, 0.4) is 0 Å². The Morgan fingerprint density at radius 2 is 2.00 bits per heavy atom. The maximum Gasteiger partial charge on any atom is 0.225 e. The molecular formula is C14H17F2NO3. The first-order valence-corrected chi connectivity index (χ1v) is 6.58. The predicted octanol–water partition coefficient (Wildman–Crippen LogP) is 1.28. The Labute approximate surface area is 115 Å². The molecule has 0 heterocycles. The normalized spacial score (nSPS) is 23.6. The van der Waals surface area contributed by atoms with Crippen LogP contribution in [0.2, 0.25) is 0 Å². The molecule has 0 aliphatic heterocycles. The van der Waals surface area contributed by atoms with Gasteiger partial charge in [-0.3, -0.25) is 4.79 Å². The van der Waals surface area contributed by atoms with Gasteiger partial charge in [0.2, 0.25) is 5.91 Å². The quantitative estimate of drug-likeness (QED) is 0.780. The average Bonchev–Trinajstić information content (AvgIpc) is 2.82. The lowest BCUT2D eigenvalue weighted by Gasteiger charge is -2.17. The molecule has 0 saturated heterocycles. The molecule has 0 aromatic heterocycles. The second-order valence-corrected chi connectivity index (χ2v) is 5.00. The van der Waals surface area contributed by atoms with Crippen molar-refractivity contribution in [1.82, 2.24) is 5.32 Å². The molecule has 1 aliphatic carbocycles. The van der Waals surface area contributed by atoms with Gasteiger partial charge in [0.15, 0.2) is 0 Å². The van der Waals surface area contributed by atoms with Crippen molar-refractivity contribution in [2.45, 2.75) is 31.5 Å². The molecule has 110 valence electrons. The molecule has 1 aliphatic rings. The van der Waals surface area contributed by atoms with Crippen LogP contribution < -0.4 is 5.32 Å². The minimum absolute atomic E-state index is 0.292. The summed E-state index contributed by atoms with van der Waals surface area (Å²) >= 11 is 0. The lowest BCUT2D eigenvalue weighted by Crippen LogP contribution is -2.37. The van der Waals surface area contributed by atoms with Gasteiger partial charge in [-0.15, -0.1) is 0 Å². The van der Waals surface area contributed by atoms with Crippen molar-refractivity contribution in [2.24, 2.45) is 5.92 Å². The van der Waals surface area contributed by atoms with Gasteiger partial charge in [0, 0.05) is 6.54 Å². The Hall–Kier alpha value is -1.53. The van der Waals surface area contributed by atoms with E-state index in [2.05, 4.69) is 5.32 Å². The summed E-state index contributed by atoms with van der Waals surface area (Å²) in [7, 11) is 0. The van der Waals surface area contributed by atoms with Gasteiger partial charge in [0.05, 0.1) is 17.6 Å². The van der Waals surface area contributed by atoms with E-state index in [1.807, 2.05) is 0 Å². The van der Waals surface area contributed by atoms with Crippen LogP contribution in [0.25, 0.3) is 0 Å². The average molecular weight is 285 g/mol. The van der Waals surface area contributed by atoms with E-state index in [-0.39, 0.29) is 6.54 Å². The Bertz CT molecular complexity index is 475. The van der Waals surface area contributed by atoms with Crippen molar-refractivity contribution in [3.8, 4) is 0 Å². The highest BCUT2D eigenvalue weighted by atomic mass is 19.1. The predicted molar refractivity (Wildman–Crippen MR) is 67.7 cm³/mol. The summed E-state index contributed by atoms with van der Waals surface area (Å²) in [5.74, 6) is -2.61. The molecule has 4 nitrogen and oxygen atoms in total. The van der Waals surface area contributed by atoms with Crippen molar-refractivity contribution in [3.05, 3.63) is 35.4 Å². The summed E-state index contributed by atoms with van der Waals surface area (Å²) in [4.78, 5) is 11.8. The third kappa shape index (κ3) is 3.13. The summed E-state index contributed by atoms with van der Waals surface area (Å²) in [5, 5.41) is 21.8. The first-order valence-electron chi connectivity index (χ1n) is 6.58. The zero-order chi connectivity index (χ0) is 14.7. The number of aliphatic hydroxyl groups excluding tert-OH is 2. The molecule has 1 aromatic rings. The molecule has 1 fully saturated rings. The highest BCUT2D eigenvalue weighted by molar-refractivity contribution is 5.79. The second kappa shape index (κ2) is 6.28. The van der Waals surface area contributed by atoms with E-state index in [0.29, 0.717) is 12.8 Å². The van der Waals surface area contributed by atoms with Crippen molar-refractivity contribution in [3.63, 3.8) is 0 Å². The molecule has 3 unspecified atom stereocenters. The van der Waals surface area contributed by atoms with Gasteiger partial charge in [-0.05, 0) is 31.4 Å². The van der Waals surface area contributed by atoms with Crippen molar-refractivity contribution < 1.29 is 23.8 Å². The smallest absolute Gasteiger partial charge is 0.225 e. The van der Waals surface area contributed by atoms with Gasteiger partial charge in [-0.25, -0.2) is 8.78 Å². The van der Waals surface area contributed by atoms with Gasteiger partial charge in [-0.1, -0.05) is 6.07 Å². The van der Waals surface area contributed by atoms with Gasteiger partial charge in [-0.2, -0.15) is 0 Å². The van der Waals surface area contributed by atoms with Crippen LogP contribution in [-0.2, 0) is 4.79 Å². The minimum atomic E-state index is -1.46. The number of aliphatic hydroxyl groups is 2. The Kier molecular flexibility index (Phi) is 4.67. The van der Waals surface area contributed by atoms with Gasteiger partial charge < -0.3 is 15.5 Å². The van der Waals surface area contributed by atoms with Crippen LogP contribution in [0.5, 0.6) is 0 Å². The number of benzene rings is 1. The zero-order valence-electron chi connectivity index (χ0n) is 10.9. The fourth-order valence-electron chi connectivity index (χ4n) is 2.51. The Morgan fingerprint density at radius 1 is 1.35 bits per heavy atom. The number of carbonyl (C=O) groups excluding carboxylic acids is 1. The van der Waals surface area contributed by atoms with E-state index in [9.17, 15) is 23.8 Å². The third-order valence-electron chi connectivity index (χ3n) is 3.62. The number of halogens is 2. The van der Waals surface area contributed by atoms with Gasteiger partial charge in [0.25, 0.3) is 0 Å². The maximum atomic E-state index is 13.4. The summed E-state index contributed by atoms with van der Waals surface area (Å²) in [6.07, 6.45) is -0.222. The third-order valence-corrected chi connectivity index (χ3v) is 3.62. The fourth-order valence-corrected chi connectivity index (χ4v) is 2.51. The van der Waals surface area contributed by atoms with Crippen molar-refractivity contribution in [2.75, 3.05) is 6.54 Å². The zero-order valence-corrected chi connectivity index (χ0v) is 10.9. The van der Waals surface area contributed by atoms with Gasteiger partial charge >= 0.3 is 0 Å². The van der Waals surface area contributed by atoms with E-state index in [0.717, 1.165) is 18.6 Å². The van der Waals surface area contributed by atoms with Crippen LogP contribution in [-0.4, -0.2) is 28.8 Å². The summed E-state index contributed by atoms with van der Waals surface area (Å²) < 4.78 is 26.9. The Balaban J connectivity index is 1.95. The van der Waals surface area contributed by atoms with Gasteiger partial charge in [0.1, 0.15) is 17.7 Å². The van der Waals surface area contributed by atoms with E-state index in [4.69, 9.17) is 0 Å². The largest absolute Gasteiger partial charge is 0.392 e. The molecule has 0 bridgehead atoms. The molecule has 1 aromatic carbocycles. The minimum Gasteiger partial charge on any atom is -0.392 e. The van der Waals surface area contributed by atoms with E-state index in [1.165, 1.54) is 6.07 Å². The van der Waals surface area contributed by atoms with E-state index in [1.54, 1.807) is 0 Å². The van der Waals surface area contributed by atoms with Crippen LogP contribution >= 0.6 is 0 Å². The SMILES string of the molecule is O=C(NCC(O)c1c(F)cccc1F)C1CCCC1O. The monoisotopic (exact) mass is 285 g/mol. The Morgan fingerprint density at radius 3 is 2.55 bits per heavy atom. The first kappa shape index (κ1) is 14.9. The van der Waals surface area contributed by atoms with Crippen molar-refractivity contribution in [1.29, 1.82) is 0 Å². The van der Waals surface area contributed by atoms with Crippen LogP contribution in [0.4, 0.5) is 8.78 Å². The standard InChI is InChI=1S/C14H17F2NO3/c15-9-4-2-5-10(16)13(9)12(19)7-17-14(20)8-3-1-6-11(8)18/h2,4-5,8,11-12,18-19H,1,3,6-7H2,(H,17,20). The first-order chi connectivity index (χ1) is 9.50. The number of carbonyl (C=O) groups is 1. The highest BCUT2D eigenvalue weighted by Crippen LogP contribution is 2.26. The molecule has 3 atom stereocenters. The number of rotatable bonds is 4. The van der Waals surface area contributed by atoms with Crippen LogP contribution in [0, 0.1) is 17.6 Å². The number of hydrogen-bond acceptors (Lipinski definition) is 3. The van der Waals surface area contributed by atoms with Crippen LogP contribution in [0.15, 0.2) is 18.2 Å². The topological polar surface area (TPSA) is 69.6 Å². The lowest BCUT2D eigenvalue weighted by molar-refractivity contribution is -0.128. The fraction of sp³-hybridized carbons (Fsp3) is 0.500. The highest BCUT2D eigenvalue weighted by Gasteiger charge is 2.31. The summed E-state index contributed by atoms with van der Waals surface area (Å²) in [6.45, 7) is -0.292. The summed E-state index contributed by atoms with van der Waals surface area (Å²) in [6, 6.07) is 3.29. The number of hydrogen-bond donors (Lipinski definition) is 3.